The molecule has 2 aromatic carbocycles. The number of hydrogen-bond donors (Lipinski definition) is 1. The fourth-order valence-corrected chi connectivity index (χ4v) is 5.87. The zero-order valence-electron chi connectivity index (χ0n) is 20.8. The van der Waals surface area contributed by atoms with Gasteiger partial charge in [0.05, 0.1) is 31.3 Å². The molecule has 1 aliphatic rings. The summed E-state index contributed by atoms with van der Waals surface area (Å²) < 4.78 is 38.4. The molecule has 0 bridgehead atoms. The van der Waals surface area contributed by atoms with Gasteiger partial charge in [0.2, 0.25) is 15.9 Å². The first kappa shape index (κ1) is 26.2. The van der Waals surface area contributed by atoms with E-state index in [9.17, 15) is 13.2 Å². The van der Waals surface area contributed by atoms with Gasteiger partial charge in [-0.15, -0.1) is 0 Å². The van der Waals surface area contributed by atoms with Crippen molar-refractivity contribution in [3.8, 4) is 5.75 Å². The minimum absolute atomic E-state index is 0.206. The number of anilines is 1. The molecule has 1 aliphatic heterocycles. The SMILES string of the molecule is COc1c(C)cc(CN(C)C(C)C(=O)Nc2ccc(C)c(S(=O)(=O)N3CCOCC3)c2)cc1C. The number of carbonyl (C=O) groups is 1. The van der Waals surface area contributed by atoms with Crippen molar-refractivity contribution in [2.75, 3.05) is 45.8 Å². The summed E-state index contributed by atoms with van der Waals surface area (Å²) in [5.41, 5.74) is 4.29. The molecule has 1 fully saturated rings. The molecule has 9 heteroatoms. The van der Waals surface area contributed by atoms with Crippen molar-refractivity contribution >= 4 is 21.6 Å². The average Bonchev–Trinajstić information content (AvgIpc) is 2.80. The Bertz CT molecular complexity index is 1120. The molecule has 1 atom stereocenters. The van der Waals surface area contributed by atoms with Crippen LogP contribution in [0.2, 0.25) is 0 Å². The van der Waals surface area contributed by atoms with Crippen LogP contribution >= 0.6 is 0 Å². The van der Waals surface area contributed by atoms with Crippen LogP contribution in [-0.4, -0.2) is 70.0 Å². The number of ether oxygens (including phenoxy) is 2. The van der Waals surface area contributed by atoms with Crippen LogP contribution < -0.4 is 10.1 Å². The molecule has 8 nitrogen and oxygen atoms in total. The molecule has 0 radical (unpaired) electrons. The molecule has 0 saturated carbocycles. The minimum Gasteiger partial charge on any atom is -0.496 e. The van der Waals surface area contributed by atoms with Gasteiger partial charge in [0.25, 0.3) is 0 Å². The van der Waals surface area contributed by atoms with Crippen molar-refractivity contribution in [3.05, 3.63) is 52.6 Å². The number of morpholine rings is 1. The summed E-state index contributed by atoms with van der Waals surface area (Å²) in [6.07, 6.45) is 0. The highest BCUT2D eigenvalue weighted by Gasteiger charge is 2.28. The maximum absolute atomic E-state index is 13.1. The smallest absolute Gasteiger partial charge is 0.243 e. The first-order valence-electron chi connectivity index (χ1n) is 11.4. The lowest BCUT2D eigenvalue weighted by Gasteiger charge is -2.27. The van der Waals surface area contributed by atoms with Crippen molar-refractivity contribution in [1.82, 2.24) is 9.21 Å². The molecular formula is C25H35N3O5S. The van der Waals surface area contributed by atoms with E-state index in [-0.39, 0.29) is 10.8 Å². The molecular weight excluding hydrogens is 454 g/mol. The third-order valence-electron chi connectivity index (χ3n) is 6.24. The van der Waals surface area contributed by atoms with Crippen LogP contribution in [0.3, 0.4) is 0 Å². The van der Waals surface area contributed by atoms with Gasteiger partial charge in [0.1, 0.15) is 5.75 Å². The molecule has 186 valence electrons. The highest BCUT2D eigenvalue weighted by atomic mass is 32.2. The summed E-state index contributed by atoms with van der Waals surface area (Å²) in [5.74, 6) is 0.669. The Balaban J connectivity index is 1.72. The molecule has 0 aliphatic carbocycles. The predicted octanol–water partition coefficient (Wildman–Crippen LogP) is 3.10. The number of rotatable bonds is 8. The second-order valence-corrected chi connectivity index (χ2v) is 10.7. The molecule has 1 amide bonds. The molecule has 2 aromatic rings. The Hall–Kier alpha value is -2.46. The van der Waals surface area contributed by atoms with Crippen molar-refractivity contribution < 1.29 is 22.7 Å². The zero-order chi connectivity index (χ0) is 25.0. The second-order valence-electron chi connectivity index (χ2n) is 8.84. The fourth-order valence-electron chi connectivity index (χ4n) is 4.21. The largest absolute Gasteiger partial charge is 0.496 e. The number of amides is 1. The van der Waals surface area contributed by atoms with E-state index in [1.54, 1.807) is 32.2 Å². The van der Waals surface area contributed by atoms with E-state index in [4.69, 9.17) is 9.47 Å². The van der Waals surface area contributed by atoms with E-state index in [1.807, 2.05) is 32.7 Å². The van der Waals surface area contributed by atoms with Crippen molar-refractivity contribution in [1.29, 1.82) is 0 Å². The van der Waals surface area contributed by atoms with Crippen molar-refractivity contribution in [2.24, 2.45) is 0 Å². The molecule has 3 rings (SSSR count). The predicted molar refractivity (Wildman–Crippen MR) is 133 cm³/mol. The number of aryl methyl sites for hydroxylation is 3. The third-order valence-corrected chi connectivity index (χ3v) is 8.28. The van der Waals surface area contributed by atoms with E-state index in [2.05, 4.69) is 17.4 Å². The Kier molecular flexibility index (Phi) is 8.35. The number of nitrogens with zero attached hydrogens (tertiary/aromatic N) is 2. The normalized spacial score (nSPS) is 15.9. The summed E-state index contributed by atoms with van der Waals surface area (Å²) in [6.45, 7) is 9.60. The van der Waals surface area contributed by atoms with Gasteiger partial charge >= 0.3 is 0 Å². The van der Waals surface area contributed by atoms with Gasteiger partial charge in [0.15, 0.2) is 0 Å². The zero-order valence-corrected chi connectivity index (χ0v) is 21.7. The Morgan fingerprint density at radius 3 is 2.32 bits per heavy atom. The summed E-state index contributed by atoms with van der Waals surface area (Å²) in [7, 11) is -0.106. The van der Waals surface area contributed by atoms with Crippen molar-refractivity contribution in [2.45, 2.75) is 45.2 Å². The standard InChI is InChI=1S/C25H35N3O5S/c1-17-7-8-22(15-23(17)34(30,31)28-9-11-33-12-10-28)26-25(29)20(4)27(5)16-21-13-18(2)24(32-6)19(3)14-21/h7-8,13-15,20H,9-12,16H2,1-6H3,(H,26,29). The number of benzene rings is 2. The lowest BCUT2D eigenvalue weighted by molar-refractivity contribution is -0.120. The van der Waals surface area contributed by atoms with Gasteiger partial charge in [-0.25, -0.2) is 8.42 Å². The first-order chi connectivity index (χ1) is 16.0. The monoisotopic (exact) mass is 489 g/mol. The van der Waals surface area contributed by atoms with Crippen LogP contribution in [0.1, 0.15) is 29.2 Å². The van der Waals surface area contributed by atoms with E-state index in [0.717, 1.165) is 22.4 Å². The second kappa shape index (κ2) is 10.9. The van der Waals surface area contributed by atoms with Gasteiger partial charge in [-0.3, -0.25) is 9.69 Å². The van der Waals surface area contributed by atoms with Gasteiger partial charge in [-0.2, -0.15) is 4.31 Å². The summed E-state index contributed by atoms with van der Waals surface area (Å²) in [4.78, 5) is 15.1. The van der Waals surface area contributed by atoms with Crippen molar-refractivity contribution in [3.63, 3.8) is 0 Å². The number of likely N-dealkylation sites (N-methyl/N-ethyl adjacent to an activating group) is 1. The fraction of sp³-hybridized carbons (Fsp3) is 0.480. The molecule has 34 heavy (non-hydrogen) atoms. The van der Waals surface area contributed by atoms with Crippen LogP contribution in [0, 0.1) is 20.8 Å². The third kappa shape index (κ3) is 5.78. The van der Waals surface area contributed by atoms with E-state index >= 15 is 0 Å². The molecule has 0 spiro atoms. The maximum Gasteiger partial charge on any atom is 0.243 e. The number of hydrogen-bond acceptors (Lipinski definition) is 6. The molecule has 0 aromatic heterocycles. The van der Waals surface area contributed by atoms with Gasteiger partial charge in [-0.1, -0.05) is 18.2 Å². The molecule has 1 heterocycles. The van der Waals surface area contributed by atoms with Crippen LogP contribution in [0.15, 0.2) is 35.2 Å². The number of nitrogens with one attached hydrogen (secondary N) is 1. The van der Waals surface area contributed by atoms with Crippen LogP contribution in [-0.2, 0) is 26.1 Å². The minimum atomic E-state index is -3.66. The average molecular weight is 490 g/mol. The van der Waals surface area contributed by atoms with Crippen LogP contribution in [0.25, 0.3) is 0 Å². The van der Waals surface area contributed by atoms with Crippen LogP contribution in [0.4, 0.5) is 5.69 Å². The number of carbonyl (C=O) groups excluding carboxylic acids is 1. The number of sulfonamides is 1. The highest BCUT2D eigenvalue weighted by Crippen LogP contribution is 2.26. The topological polar surface area (TPSA) is 88.2 Å². The summed E-state index contributed by atoms with van der Waals surface area (Å²) in [5, 5.41) is 2.88. The Morgan fingerprint density at radius 1 is 1.12 bits per heavy atom. The van der Waals surface area contributed by atoms with Gasteiger partial charge < -0.3 is 14.8 Å². The van der Waals surface area contributed by atoms with Gasteiger partial charge in [-0.05, 0) is 69.1 Å². The quantitative estimate of drug-likeness (QED) is 0.613. The lowest BCUT2D eigenvalue weighted by Crippen LogP contribution is -2.41. The van der Waals surface area contributed by atoms with E-state index < -0.39 is 16.1 Å². The summed E-state index contributed by atoms with van der Waals surface area (Å²) >= 11 is 0. The Morgan fingerprint density at radius 2 is 1.74 bits per heavy atom. The maximum atomic E-state index is 13.1. The summed E-state index contributed by atoms with van der Waals surface area (Å²) in [6, 6.07) is 8.70. The molecule has 1 saturated heterocycles. The molecule has 1 unspecified atom stereocenters. The van der Waals surface area contributed by atoms with Crippen LogP contribution in [0.5, 0.6) is 5.75 Å². The van der Waals surface area contributed by atoms with E-state index in [0.29, 0.717) is 44.1 Å². The molecule has 1 N–H and O–H groups in total. The first-order valence-corrected chi connectivity index (χ1v) is 12.8. The van der Waals surface area contributed by atoms with E-state index in [1.165, 1.54) is 4.31 Å². The van der Waals surface area contributed by atoms with Gasteiger partial charge in [0, 0.05) is 25.3 Å². The highest BCUT2D eigenvalue weighted by molar-refractivity contribution is 7.89. The number of methoxy groups -OCH3 is 1. The lowest BCUT2D eigenvalue weighted by atomic mass is 10.0. The Labute approximate surface area is 202 Å².